The Morgan fingerprint density at radius 1 is 0.800 bits per heavy atom. The lowest BCUT2D eigenvalue weighted by molar-refractivity contribution is -0.155. The van der Waals surface area contributed by atoms with Gasteiger partial charge in [0.25, 0.3) is 5.91 Å². The van der Waals surface area contributed by atoms with Gasteiger partial charge in [0.15, 0.2) is 0 Å². The molecule has 0 bridgehead atoms. The molecule has 1 aliphatic carbocycles. The predicted molar refractivity (Wildman–Crippen MR) is 176 cm³/mol. The van der Waals surface area contributed by atoms with Gasteiger partial charge in [-0.2, -0.15) is 13.2 Å². The normalized spacial score (nSPS) is 20.4. The van der Waals surface area contributed by atoms with Gasteiger partial charge in [0.1, 0.15) is 29.3 Å². The molecule has 2 aliphatic rings. The van der Waals surface area contributed by atoms with Crippen LogP contribution >= 0.6 is 0 Å². The maximum atomic E-state index is 14.3. The van der Waals surface area contributed by atoms with Crippen molar-refractivity contribution in [1.29, 1.82) is 0 Å². The van der Waals surface area contributed by atoms with Gasteiger partial charge >= 0.3 is 18.2 Å². The van der Waals surface area contributed by atoms with Crippen molar-refractivity contribution in [2.24, 2.45) is 5.92 Å². The maximum absolute atomic E-state index is 14.3. The molecule has 2 rings (SSSR count). The fourth-order valence-electron chi connectivity index (χ4n) is 5.96. The van der Waals surface area contributed by atoms with Gasteiger partial charge in [-0.05, 0) is 81.1 Å². The second kappa shape index (κ2) is 17.2. The molecule has 0 radical (unpaired) electrons. The molecule has 13 nitrogen and oxygen atoms in total. The number of likely N-dealkylation sites (tertiary alicyclic amines) is 1. The number of hydrogen-bond acceptors (Lipinski definition) is 9. The Hall–Kier alpha value is -3.43. The fraction of sp³-hybridized carbons (Fsp3) is 0.824. The second-order valence-electron chi connectivity index (χ2n) is 16.0. The molecule has 1 heterocycles. The average molecular weight is 721 g/mol. The van der Waals surface area contributed by atoms with Crippen LogP contribution in [0.5, 0.6) is 0 Å². The molecule has 286 valence electrons. The van der Waals surface area contributed by atoms with Crippen LogP contribution in [0.4, 0.5) is 18.0 Å². The lowest BCUT2D eigenvalue weighted by Gasteiger charge is -2.35. The Morgan fingerprint density at radius 2 is 1.38 bits per heavy atom. The number of ether oxygens (including phenoxy) is 3. The van der Waals surface area contributed by atoms with E-state index in [0.29, 0.717) is 12.8 Å². The summed E-state index contributed by atoms with van der Waals surface area (Å²) in [6.45, 7) is 14.7. The molecule has 0 aromatic rings. The minimum Gasteiger partial charge on any atom is -0.460 e. The van der Waals surface area contributed by atoms with Crippen molar-refractivity contribution < 1.29 is 56.1 Å². The minimum atomic E-state index is -4.96. The number of nitrogens with zero attached hydrogens (tertiary/aromatic N) is 1. The van der Waals surface area contributed by atoms with E-state index in [9.17, 15) is 41.9 Å². The van der Waals surface area contributed by atoms with Crippen LogP contribution in [0.2, 0.25) is 0 Å². The number of amides is 4. The Kier molecular flexibility index (Phi) is 14.7. The van der Waals surface area contributed by atoms with Crippen molar-refractivity contribution in [3.05, 3.63) is 0 Å². The van der Waals surface area contributed by atoms with Crippen molar-refractivity contribution >= 4 is 35.6 Å². The van der Waals surface area contributed by atoms with Crippen LogP contribution in [0.1, 0.15) is 114 Å². The van der Waals surface area contributed by atoms with Gasteiger partial charge in [0, 0.05) is 19.5 Å². The van der Waals surface area contributed by atoms with Crippen LogP contribution in [0, 0.1) is 5.92 Å². The highest BCUT2D eigenvalue weighted by Crippen LogP contribution is 2.32. The van der Waals surface area contributed by atoms with Gasteiger partial charge in [-0.25, -0.2) is 4.79 Å². The highest BCUT2D eigenvalue weighted by Gasteiger charge is 2.47. The molecule has 3 N–H and O–H groups in total. The SMILES string of the molecule is CC(C)(C)OC(=O)CCNC(=O)C(=O)C(CC(F)(F)F)NC(=O)[C@@H]1C[C@@H](OC(C)(C)C)CN1C(=O)[C@@H](NC(=O)OC(C)(C)C)C1CCCCC1. The van der Waals surface area contributed by atoms with Gasteiger partial charge in [-0.3, -0.25) is 24.0 Å². The van der Waals surface area contributed by atoms with E-state index in [1.54, 1.807) is 62.3 Å². The molecule has 2 fully saturated rings. The van der Waals surface area contributed by atoms with E-state index < -0.39 is 95.7 Å². The van der Waals surface area contributed by atoms with E-state index in [1.807, 2.05) is 0 Å². The third kappa shape index (κ3) is 15.2. The number of esters is 1. The van der Waals surface area contributed by atoms with E-state index in [4.69, 9.17) is 14.2 Å². The summed E-state index contributed by atoms with van der Waals surface area (Å²) in [6.07, 6.45) is -5.03. The molecule has 1 saturated carbocycles. The fourth-order valence-corrected chi connectivity index (χ4v) is 5.96. The first-order chi connectivity index (χ1) is 22.7. The summed E-state index contributed by atoms with van der Waals surface area (Å²) >= 11 is 0. The van der Waals surface area contributed by atoms with E-state index in [0.717, 1.165) is 19.3 Å². The lowest BCUT2D eigenvalue weighted by atomic mass is 9.83. The third-order valence-corrected chi connectivity index (χ3v) is 7.76. The molecular formula is C34H55F3N4O9. The zero-order chi connectivity index (χ0) is 38.2. The predicted octanol–water partition coefficient (Wildman–Crippen LogP) is 4.10. The second-order valence-corrected chi connectivity index (χ2v) is 16.0. The topological polar surface area (TPSA) is 169 Å². The number of Topliss-reactive ketones (excluding diaryl/α,β-unsaturated/α-hetero) is 1. The number of halogens is 3. The van der Waals surface area contributed by atoms with Gasteiger partial charge in [0.2, 0.25) is 17.6 Å². The molecule has 4 atom stereocenters. The van der Waals surface area contributed by atoms with E-state index in [-0.39, 0.29) is 25.3 Å². The quantitative estimate of drug-likeness (QED) is 0.199. The molecule has 1 saturated heterocycles. The van der Waals surface area contributed by atoms with Crippen molar-refractivity contribution in [2.75, 3.05) is 13.1 Å². The van der Waals surface area contributed by atoms with E-state index >= 15 is 0 Å². The van der Waals surface area contributed by atoms with Crippen LogP contribution in [-0.2, 0) is 38.2 Å². The Labute approximate surface area is 292 Å². The van der Waals surface area contributed by atoms with E-state index in [2.05, 4.69) is 16.0 Å². The lowest BCUT2D eigenvalue weighted by Crippen LogP contribution is -2.58. The molecule has 4 amide bonds. The Morgan fingerprint density at radius 3 is 1.90 bits per heavy atom. The van der Waals surface area contributed by atoms with Crippen LogP contribution in [-0.4, -0.2) is 101 Å². The van der Waals surface area contributed by atoms with E-state index in [1.165, 1.54) is 4.90 Å². The van der Waals surface area contributed by atoms with Crippen molar-refractivity contribution in [3.63, 3.8) is 0 Å². The number of rotatable bonds is 12. The molecule has 1 unspecified atom stereocenters. The van der Waals surface area contributed by atoms with Crippen LogP contribution in [0.15, 0.2) is 0 Å². The zero-order valence-electron chi connectivity index (χ0n) is 30.7. The summed E-state index contributed by atoms with van der Waals surface area (Å²) in [5.74, 6) is -5.74. The molecular weight excluding hydrogens is 665 g/mol. The summed E-state index contributed by atoms with van der Waals surface area (Å²) in [6, 6.07) is -4.81. The summed E-state index contributed by atoms with van der Waals surface area (Å²) < 4.78 is 57.5. The van der Waals surface area contributed by atoms with Gasteiger partial charge in [-0.1, -0.05) is 19.3 Å². The molecule has 0 aromatic carbocycles. The number of alkyl halides is 3. The minimum absolute atomic E-state index is 0.115. The summed E-state index contributed by atoms with van der Waals surface area (Å²) in [7, 11) is 0. The van der Waals surface area contributed by atoms with Gasteiger partial charge < -0.3 is 35.1 Å². The average Bonchev–Trinajstić information content (AvgIpc) is 3.35. The zero-order valence-corrected chi connectivity index (χ0v) is 30.7. The number of carbonyl (C=O) groups excluding carboxylic acids is 6. The first kappa shape index (κ1) is 42.7. The smallest absolute Gasteiger partial charge is 0.408 e. The van der Waals surface area contributed by atoms with Crippen molar-refractivity contribution in [3.8, 4) is 0 Å². The summed E-state index contributed by atoms with van der Waals surface area (Å²) in [5, 5.41) is 6.85. The van der Waals surface area contributed by atoms with Crippen LogP contribution in [0.25, 0.3) is 0 Å². The number of carbonyl (C=O) groups is 6. The van der Waals surface area contributed by atoms with Crippen LogP contribution in [0.3, 0.4) is 0 Å². The van der Waals surface area contributed by atoms with Gasteiger partial charge in [-0.15, -0.1) is 0 Å². The standard InChI is InChI=1S/C34H55F3N4O9/c1-31(2,3)48-21-17-23(41(19-21)29(46)25(20-13-11-10-12-14-20)40-30(47)50-33(7,8)9)27(44)39-22(18-34(35,36)37)26(43)28(45)38-16-15-24(42)49-32(4,5)6/h20-23,25H,10-19H2,1-9H3,(H,38,45)(H,39,44)(H,40,47)/t21-,22?,23+,25+/m1/s1. The van der Waals surface area contributed by atoms with Crippen molar-refractivity contribution in [2.45, 2.75) is 161 Å². The number of nitrogens with one attached hydrogen (secondary N) is 3. The molecule has 1 aliphatic heterocycles. The third-order valence-electron chi connectivity index (χ3n) is 7.76. The van der Waals surface area contributed by atoms with Crippen molar-refractivity contribution in [1.82, 2.24) is 20.9 Å². The largest absolute Gasteiger partial charge is 0.460 e. The summed E-state index contributed by atoms with van der Waals surface area (Å²) in [5.41, 5.74) is -2.39. The monoisotopic (exact) mass is 720 g/mol. The number of alkyl carbamates (subject to hydrolysis) is 1. The highest BCUT2D eigenvalue weighted by atomic mass is 19.4. The van der Waals surface area contributed by atoms with Crippen LogP contribution < -0.4 is 16.0 Å². The number of ketones is 1. The highest BCUT2D eigenvalue weighted by molar-refractivity contribution is 6.38. The first-order valence-corrected chi connectivity index (χ1v) is 17.1. The maximum Gasteiger partial charge on any atom is 0.408 e. The molecule has 16 heteroatoms. The first-order valence-electron chi connectivity index (χ1n) is 17.1. The summed E-state index contributed by atoms with van der Waals surface area (Å²) in [4.78, 5) is 79.6. The molecule has 50 heavy (non-hydrogen) atoms. The number of hydrogen-bond donors (Lipinski definition) is 3. The Bertz CT molecular complexity index is 1230. The van der Waals surface area contributed by atoms with Gasteiger partial charge in [0.05, 0.1) is 24.5 Å². The molecule has 0 spiro atoms. The molecule has 0 aromatic heterocycles. The Balaban J connectivity index is 2.34.